The number of thioether (sulfide) groups is 1. The van der Waals surface area contributed by atoms with Gasteiger partial charge in [0, 0.05) is 19.3 Å². The van der Waals surface area contributed by atoms with Crippen molar-refractivity contribution in [3.05, 3.63) is 12.7 Å². The van der Waals surface area contributed by atoms with Crippen molar-refractivity contribution in [3.8, 4) is 0 Å². The zero-order valence-corrected chi connectivity index (χ0v) is 8.47. The summed E-state index contributed by atoms with van der Waals surface area (Å²) in [4.78, 5) is 24.4. The molecule has 3 nitrogen and oxygen atoms in total. The molecule has 1 amide bonds. The second-order valence-corrected chi connectivity index (χ2v) is 4.07. The third-order valence-electron chi connectivity index (χ3n) is 1.99. The Morgan fingerprint density at radius 3 is 3.00 bits per heavy atom. The summed E-state index contributed by atoms with van der Waals surface area (Å²) in [7, 11) is 1.69. The van der Waals surface area contributed by atoms with E-state index in [-0.39, 0.29) is 11.7 Å². The Balaban J connectivity index is 2.55. The average Bonchev–Trinajstić information content (AvgIpc) is 2.50. The van der Waals surface area contributed by atoms with Crippen molar-refractivity contribution in [2.24, 2.45) is 5.92 Å². The molecule has 0 saturated carbocycles. The quantitative estimate of drug-likeness (QED) is 0.492. The van der Waals surface area contributed by atoms with Gasteiger partial charge in [-0.15, -0.1) is 6.58 Å². The van der Waals surface area contributed by atoms with Gasteiger partial charge in [-0.3, -0.25) is 9.59 Å². The second kappa shape index (κ2) is 4.46. The molecule has 0 aromatic rings. The molecule has 1 rings (SSSR count). The second-order valence-electron chi connectivity index (χ2n) is 3.04. The molecule has 1 heterocycles. The predicted molar refractivity (Wildman–Crippen MR) is 53.7 cm³/mol. The van der Waals surface area contributed by atoms with E-state index in [1.807, 2.05) is 0 Å². The molecule has 0 aromatic heterocycles. The average molecular weight is 199 g/mol. The van der Waals surface area contributed by atoms with Gasteiger partial charge in [0.25, 0.3) is 0 Å². The maximum absolute atomic E-state index is 11.6. The molecule has 0 radical (unpaired) electrons. The van der Waals surface area contributed by atoms with E-state index in [2.05, 4.69) is 6.58 Å². The van der Waals surface area contributed by atoms with Gasteiger partial charge in [0.05, 0.1) is 5.75 Å². The summed E-state index contributed by atoms with van der Waals surface area (Å²) in [5.74, 6) is 0.702. The fraction of sp³-hybridized carbons (Fsp3) is 0.556. The van der Waals surface area contributed by atoms with Gasteiger partial charge >= 0.3 is 0 Å². The lowest BCUT2D eigenvalue weighted by atomic mass is 10.1. The Morgan fingerprint density at radius 2 is 2.54 bits per heavy atom. The Labute approximate surface area is 82.2 Å². The van der Waals surface area contributed by atoms with E-state index in [1.165, 1.54) is 11.8 Å². The van der Waals surface area contributed by atoms with Gasteiger partial charge in [0.15, 0.2) is 5.78 Å². The largest absolute Gasteiger partial charge is 0.341 e. The van der Waals surface area contributed by atoms with Crippen molar-refractivity contribution >= 4 is 23.5 Å². The minimum Gasteiger partial charge on any atom is -0.341 e. The first-order valence-electron chi connectivity index (χ1n) is 4.13. The van der Waals surface area contributed by atoms with Crippen LogP contribution in [0.1, 0.15) is 0 Å². The smallest absolute Gasteiger partial charge is 0.234 e. The molecule has 4 heteroatoms. The Morgan fingerprint density at radius 1 is 1.85 bits per heavy atom. The van der Waals surface area contributed by atoms with Crippen LogP contribution in [0.2, 0.25) is 0 Å². The maximum Gasteiger partial charge on any atom is 0.234 e. The lowest BCUT2D eigenvalue weighted by Crippen LogP contribution is -2.36. The molecule has 0 N–H and O–H groups in total. The third kappa shape index (κ3) is 2.34. The maximum atomic E-state index is 11.6. The van der Waals surface area contributed by atoms with Crippen molar-refractivity contribution in [1.82, 2.24) is 4.90 Å². The number of nitrogens with zero attached hydrogens (tertiary/aromatic N) is 1. The van der Waals surface area contributed by atoms with E-state index in [1.54, 1.807) is 18.0 Å². The Kier molecular flexibility index (Phi) is 3.54. The van der Waals surface area contributed by atoms with Crippen molar-refractivity contribution in [2.75, 3.05) is 25.1 Å². The molecular formula is C9H13NO2S. The molecule has 1 aliphatic heterocycles. The van der Waals surface area contributed by atoms with Gasteiger partial charge in [-0.25, -0.2) is 0 Å². The number of likely N-dealkylation sites (N-methyl/N-ethyl adjacent to an activating group) is 1. The SMILES string of the molecule is C=CCN(C)C(=O)C1CSCC1=O. The molecule has 1 atom stereocenters. The monoisotopic (exact) mass is 199 g/mol. The normalized spacial score (nSPS) is 21.6. The zero-order chi connectivity index (χ0) is 9.84. The van der Waals surface area contributed by atoms with Crippen LogP contribution in [-0.2, 0) is 9.59 Å². The van der Waals surface area contributed by atoms with Crippen LogP contribution in [0.3, 0.4) is 0 Å². The van der Waals surface area contributed by atoms with E-state index >= 15 is 0 Å². The first-order chi connectivity index (χ1) is 6.16. The topological polar surface area (TPSA) is 37.4 Å². The molecule has 0 aromatic carbocycles. The summed E-state index contributed by atoms with van der Waals surface area (Å²) in [5, 5.41) is 0. The number of amides is 1. The van der Waals surface area contributed by atoms with Crippen LogP contribution < -0.4 is 0 Å². The lowest BCUT2D eigenvalue weighted by Gasteiger charge is -2.17. The predicted octanol–water partition coefficient (Wildman–Crippen LogP) is 0.563. The highest BCUT2D eigenvalue weighted by Crippen LogP contribution is 2.21. The van der Waals surface area contributed by atoms with Crippen molar-refractivity contribution in [1.29, 1.82) is 0 Å². The van der Waals surface area contributed by atoms with Crippen LogP contribution in [-0.4, -0.2) is 41.7 Å². The van der Waals surface area contributed by atoms with Crippen molar-refractivity contribution in [2.45, 2.75) is 0 Å². The van der Waals surface area contributed by atoms with Crippen LogP contribution in [0.4, 0.5) is 0 Å². The number of rotatable bonds is 3. The summed E-state index contributed by atoms with van der Waals surface area (Å²) >= 11 is 1.53. The van der Waals surface area contributed by atoms with E-state index in [0.717, 1.165) is 0 Å². The van der Waals surface area contributed by atoms with E-state index < -0.39 is 5.92 Å². The molecular weight excluding hydrogens is 186 g/mol. The van der Waals surface area contributed by atoms with Gasteiger partial charge in [0.1, 0.15) is 5.92 Å². The number of hydrogen-bond acceptors (Lipinski definition) is 3. The van der Waals surface area contributed by atoms with Gasteiger partial charge in [0.2, 0.25) is 5.91 Å². The minimum absolute atomic E-state index is 0.0610. The first-order valence-corrected chi connectivity index (χ1v) is 5.28. The standard InChI is InChI=1S/C9H13NO2S/c1-3-4-10(2)9(12)7-5-13-6-8(7)11/h3,7H,1,4-6H2,2H3. The van der Waals surface area contributed by atoms with Gasteiger partial charge in [-0.1, -0.05) is 6.08 Å². The van der Waals surface area contributed by atoms with Gasteiger partial charge in [-0.05, 0) is 0 Å². The Bertz CT molecular complexity index is 240. The molecule has 1 aliphatic rings. The van der Waals surface area contributed by atoms with Crippen LogP contribution >= 0.6 is 11.8 Å². The molecule has 0 aliphatic carbocycles. The highest BCUT2D eigenvalue weighted by Gasteiger charge is 2.32. The number of Topliss-reactive ketones (excluding diaryl/α,β-unsaturated/α-hetero) is 1. The number of carbonyl (C=O) groups excluding carboxylic acids is 2. The Hall–Kier alpha value is -0.770. The summed E-state index contributed by atoms with van der Waals surface area (Å²) in [6, 6.07) is 0. The van der Waals surface area contributed by atoms with Crippen LogP contribution in [0.25, 0.3) is 0 Å². The summed E-state index contributed by atoms with van der Waals surface area (Å²) < 4.78 is 0. The van der Waals surface area contributed by atoms with Crippen LogP contribution in [0.15, 0.2) is 12.7 Å². The molecule has 72 valence electrons. The third-order valence-corrected chi connectivity index (χ3v) is 3.05. The first kappa shape index (κ1) is 10.3. The number of carbonyl (C=O) groups is 2. The highest BCUT2D eigenvalue weighted by atomic mass is 32.2. The lowest BCUT2D eigenvalue weighted by molar-refractivity contribution is -0.137. The zero-order valence-electron chi connectivity index (χ0n) is 7.66. The summed E-state index contributed by atoms with van der Waals surface area (Å²) in [6.07, 6.45) is 1.66. The molecule has 0 bridgehead atoms. The molecule has 1 saturated heterocycles. The molecule has 13 heavy (non-hydrogen) atoms. The fourth-order valence-corrected chi connectivity index (χ4v) is 2.31. The fourth-order valence-electron chi connectivity index (χ4n) is 1.23. The van der Waals surface area contributed by atoms with E-state index in [9.17, 15) is 9.59 Å². The highest BCUT2D eigenvalue weighted by molar-refractivity contribution is 8.00. The summed E-state index contributed by atoms with van der Waals surface area (Å²) in [6.45, 7) is 4.05. The number of hydrogen-bond donors (Lipinski definition) is 0. The summed E-state index contributed by atoms with van der Waals surface area (Å²) in [5.41, 5.74) is 0. The van der Waals surface area contributed by atoms with Crippen molar-refractivity contribution in [3.63, 3.8) is 0 Å². The molecule has 1 unspecified atom stereocenters. The van der Waals surface area contributed by atoms with E-state index in [0.29, 0.717) is 18.1 Å². The van der Waals surface area contributed by atoms with E-state index in [4.69, 9.17) is 0 Å². The molecule has 0 spiro atoms. The van der Waals surface area contributed by atoms with Crippen LogP contribution in [0, 0.1) is 5.92 Å². The van der Waals surface area contributed by atoms with Gasteiger partial charge < -0.3 is 4.90 Å². The minimum atomic E-state index is -0.407. The molecule has 1 fully saturated rings. The van der Waals surface area contributed by atoms with Gasteiger partial charge in [-0.2, -0.15) is 11.8 Å². The van der Waals surface area contributed by atoms with Crippen molar-refractivity contribution < 1.29 is 9.59 Å². The van der Waals surface area contributed by atoms with Crippen LogP contribution in [0.5, 0.6) is 0 Å². The number of ketones is 1.